The van der Waals surface area contributed by atoms with Gasteiger partial charge in [-0.15, -0.1) is 0 Å². The lowest BCUT2D eigenvalue weighted by molar-refractivity contribution is -0.384. The van der Waals surface area contributed by atoms with Gasteiger partial charge in [-0.25, -0.2) is 0 Å². The van der Waals surface area contributed by atoms with Crippen LogP contribution < -0.4 is 0 Å². The number of aromatic amines is 1. The van der Waals surface area contributed by atoms with Gasteiger partial charge in [0.1, 0.15) is 0 Å². The lowest BCUT2D eigenvalue weighted by Gasteiger charge is -2.05. The van der Waals surface area contributed by atoms with Gasteiger partial charge in [0.15, 0.2) is 0 Å². The zero-order chi connectivity index (χ0) is 17.8. The highest BCUT2D eigenvalue weighted by molar-refractivity contribution is 7.99. The number of nitro benzene ring substituents is 1. The molecule has 3 rings (SSSR count). The molecule has 1 aromatic heterocycles. The van der Waals surface area contributed by atoms with Crippen molar-refractivity contribution in [3.63, 3.8) is 0 Å². The normalized spacial score (nSPS) is 11.1. The maximum atomic E-state index is 10.9. The second-order valence-corrected chi connectivity index (χ2v) is 6.50. The predicted molar refractivity (Wildman–Crippen MR) is 99.0 cm³/mol. The highest BCUT2D eigenvalue weighted by Crippen LogP contribution is 2.37. The molecule has 25 heavy (non-hydrogen) atoms. The van der Waals surface area contributed by atoms with E-state index in [9.17, 15) is 10.1 Å². The van der Waals surface area contributed by atoms with E-state index in [0.29, 0.717) is 5.56 Å². The Balaban J connectivity index is 1.89. The van der Waals surface area contributed by atoms with Crippen LogP contribution >= 0.6 is 11.8 Å². The van der Waals surface area contributed by atoms with Crippen LogP contribution in [0.5, 0.6) is 0 Å². The fourth-order valence-corrected chi connectivity index (χ4v) is 3.30. The van der Waals surface area contributed by atoms with Crippen molar-refractivity contribution in [2.75, 3.05) is 0 Å². The van der Waals surface area contributed by atoms with Gasteiger partial charge >= 0.3 is 0 Å². The van der Waals surface area contributed by atoms with Gasteiger partial charge in [0.05, 0.1) is 21.2 Å². The molecule has 7 heteroatoms. The van der Waals surface area contributed by atoms with Crippen molar-refractivity contribution in [1.82, 2.24) is 10.2 Å². The van der Waals surface area contributed by atoms with Gasteiger partial charge < -0.3 is 0 Å². The van der Waals surface area contributed by atoms with Crippen LogP contribution in [0.1, 0.15) is 17.0 Å². The Kier molecular flexibility index (Phi) is 4.95. The molecule has 0 spiro atoms. The van der Waals surface area contributed by atoms with Crippen LogP contribution in [0, 0.1) is 24.0 Å². The first-order valence-corrected chi connectivity index (χ1v) is 8.43. The highest BCUT2D eigenvalue weighted by Gasteiger charge is 2.10. The van der Waals surface area contributed by atoms with Crippen molar-refractivity contribution in [3.8, 4) is 0 Å². The van der Waals surface area contributed by atoms with E-state index in [-0.39, 0.29) is 5.69 Å². The minimum absolute atomic E-state index is 0.0521. The minimum Gasteiger partial charge on any atom is -0.281 e. The largest absolute Gasteiger partial charge is 0.281 e. The fourth-order valence-electron chi connectivity index (χ4n) is 2.31. The van der Waals surface area contributed by atoms with Crippen LogP contribution in [0.25, 0.3) is 0 Å². The number of non-ortho nitro benzene ring substituents is 1. The van der Waals surface area contributed by atoms with Crippen molar-refractivity contribution in [3.05, 3.63) is 75.6 Å². The Morgan fingerprint density at radius 3 is 2.72 bits per heavy atom. The van der Waals surface area contributed by atoms with Crippen molar-refractivity contribution in [2.24, 2.45) is 4.99 Å². The maximum Gasteiger partial charge on any atom is 0.270 e. The van der Waals surface area contributed by atoms with Gasteiger partial charge in [0, 0.05) is 28.9 Å². The standard InChI is InChI=1S/C18H16N4O2S/c1-12-18(13(2)21-20-12)25-17-9-4-3-8-16(17)19-11-14-6-5-7-15(10-14)22(23)24/h3-11H,1-2H3,(H,20,21). The molecule has 1 heterocycles. The van der Waals surface area contributed by atoms with Crippen molar-refractivity contribution in [1.29, 1.82) is 0 Å². The number of para-hydroxylation sites is 1. The number of rotatable bonds is 5. The molecule has 0 aliphatic rings. The number of aryl methyl sites for hydroxylation is 2. The summed E-state index contributed by atoms with van der Waals surface area (Å²) < 4.78 is 0. The first-order chi connectivity index (χ1) is 12.0. The van der Waals surface area contributed by atoms with Gasteiger partial charge in [-0.05, 0) is 31.5 Å². The Morgan fingerprint density at radius 2 is 2.00 bits per heavy atom. The van der Waals surface area contributed by atoms with E-state index < -0.39 is 4.92 Å². The van der Waals surface area contributed by atoms with Crippen LogP contribution in [0.3, 0.4) is 0 Å². The third-order valence-corrected chi connectivity index (χ3v) is 4.94. The lowest BCUT2D eigenvalue weighted by atomic mass is 10.2. The van der Waals surface area contributed by atoms with E-state index in [1.165, 1.54) is 12.1 Å². The molecule has 126 valence electrons. The van der Waals surface area contributed by atoms with E-state index in [1.54, 1.807) is 30.1 Å². The van der Waals surface area contributed by atoms with Gasteiger partial charge in [0.2, 0.25) is 0 Å². The molecule has 0 unspecified atom stereocenters. The monoisotopic (exact) mass is 352 g/mol. The summed E-state index contributed by atoms with van der Waals surface area (Å²) >= 11 is 1.60. The van der Waals surface area contributed by atoms with Gasteiger partial charge in [-0.2, -0.15) is 5.10 Å². The van der Waals surface area contributed by atoms with E-state index in [2.05, 4.69) is 15.2 Å². The highest BCUT2D eigenvalue weighted by atomic mass is 32.2. The third-order valence-electron chi connectivity index (χ3n) is 3.57. The number of benzene rings is 2. The van der Waals surface area contributed by atoms with Gasteiger partial charge in [-0.3, -0.25) is 20.2 Å². The quantitative estimate of drug-likeness (QED) is 0.405. The van der Waals surface area contributed by atoms with Crippen LogP contribution in [-0.4, -0.2) is 21.3 Å². The van der Waals surface area contributed by atoms with E-state index >= 15 is 0 Å². The minimum atomic E-state index is -0.411. The summed E-state index contributed by atoms with van der Waals surface area (Å²) in [5, 5.41) is 18.1. The second-order valence-electron chi connectivity index (χ2n) is 5.44. The molecule has 0 fully saturated rings. The average molecular weight is 352 g/mol. The molecule has 0 bridgehead atoms. The van der Waals surface area contributed by atoms with Gasteiger partial charge in [0.25, 0.3) is 5.69 Å². The molecule has 1 N–H and O–H groups in total. The summed E-state index contributed by atoms with van der Waals surface area (Å²) in [6.45, 7) is 3.94. The number of hydrogen-bond donors (Lipinski definition) is 1. The van der Waals surface area contributed by atoms with Crippen molar-refractivity contribution < 1.29 is 4.92 Å². The molecule has 0 aliphatic carbocycles. The number of H-pyrrole nitrogens is 1. The molecule has 6 nitrogen and oxygen atoms in total. The average Bonchev–Trinajstić information content (AvgIpc) is 2.93. The number of aromatic nitrogens is 2. The first kappa shape index (κ1) is 16.9. The Labute approximate surface area is 149 Å². The Morgan fingerprint density at radius 1 is 1.20 bits per heavy atom. The number of nitro groups is 1. The smallest absolute Gasteiger partial charge is 0.270 e. The van der Waals surface area contributed by atoms with Crippen molar-refractivity contribution in [2.45, 2.75) is 23.6 Å². The molecule has 0 aliphatic heterocycles. The predicted octanol–water partition coefficient (Wildman–Crippen LogP) is 4.84. The van der Waals surface area contributed by atoms with Crippen molar-refractivity contribution >= 4 is 29.4 Å². The van der Waals surface area contributed by atoms with Crippen LogP contribution in [0.4, 0.5) is 11.4 Å². The fraction of sp³-hybridized carbons (Fsp3) is 0.111. The Bertz CT molecular complexity index is 930. The van der Waals surface area contributed by atoms with E-state index in [0.717, 1.165) is 26.9 Å². The number of aliphatic imine (C=N–C) groups is 1. The maximum absolute atomic E-state index is 10.9. The third kappa shape index (κ3) is 3.95. The van der Waals surface area contributed by atoms with Crippen LogP contribution in [0.15, 0.2) is 63.3 Å². The molecule has 2 aromatic carbocycles. The summed E-state index contributed by atoms with van der Waals surface area (Å²) in [7, 11) is 0. The molecular weight excluding hydrogens is 336 g/mol. The summed E-state index contributed by atoms with van der Waals surface area (Å²) in [6.07, 6.45) is 1.64. The molecule has 3 aromatic rings. The molecule has 0 radical (unpaired) electrons. The first-order valence-electron chi connectivity index (χ1n) is 7.61. The SMILES string of the molecule is Cc1n[nH]c(C)c1Sc1ccccc1N=Cc1cccc([N+](=O)[O-])c1. The zero-order valence-corrected chi connectivity index (χ0v) is 14.6. The number of nitrogens with one attached hydrogen (secondary N) is 1. The molecule has 0 saturated carbocycles. The summed E-state index contributed by atoms with van der Waals surface area (Å²) in [5.74, 6) is 0. The summed E-state index contributed by atoms with van der Waals surface area (Å²) in [5.41, 5.74) is 3.50. The number of nitrogens with zero attached hydrogens (tertiary/aromatic N) is 3. The number of hydrogen-bond acceptors (Lipinski definition) is 5. The van der Waals surface area contributed by atoms with E-state index in [4.69, 9.17) is 0 Å². The zero-order valence-electron chi connectivity index (χ0n) is 13.8. The Hall–Kier alpha value is -2.93. The topological polar surface area (TPSA) is 84.2 Å². The molecule has 0 amide bonds. The summed E-state index contributed by atoms with van der Waals surface area (Å²) in [6, 6.07) is 14.2. The van der Waals surface area contributed by atoms with Gasteiger partial charge in [-0.1, -0.05) is 36.0 Å². The van der Waals surface area contributed by atoms with Crippen LogP contribution in [-0.2, 0) is 0 Å². The molecule has 0 atom stereocenters. The molecular formula is C18H16N4O2S. The van der Waals surface area contributed by atoms with Crippen LogP contribution in [0.2, 0.25) is 0 Å². The van der Waals surface area contributed by atoms with E-state index in [1.807, 2.05) is 38.1 Å². The molecule has 0 saturated heterocycles. The lowest BCUT2D eigenvalue weighted by Crippen LogP contribution is -1.89. The summed E-state index contributed by atoms with van der Waals surface area (Å²) in [4.78, 5) is 17.1. The second kappa shape index (κ2) is 7.31.